The lowest BCUT2D eigenvalue weighted by molar-refractivity contribution is 0.339. The highest BCUT2D eigenvalue weighted by Gasteiger charge is 2.10. The molecule has 18 heavy (non-hydrogen) atoms. The number of hydrogen-bond donors (Lipinski definition) is 1. The van der Waals surface area contributed by atoms with E-state index in [-0.39, 0.29) is 24.1 Å². The van der Waals surface area contributed by atoms with Crippen molar-refractivity contribution in [3.63, 3.8) is 0 Å². The molecule has 1 N–H and O–H groups in total. The number of rotatable bonds is 7. The molecular formula is C12H18FNO3S. The van der Waals surface area contributed by atoms with E-state index in [0.29, 0.717) is 12.3 Å². The molecule has 0 aliphatic rings. The van der Waals surface area contributed by atoms with Crippen LogP contribution in [0.2, 0.25) is 0 Å². The van der Waals surface area contributed by atoms with Crippen molar-refractivity contribution < 1.29 is 17.5 Å². The zero-order valence-corrected chi connectivity index (χ0v) is 11.3. The predicted molar refractivity (Wildman–Crippen MR) is 68.5 cm³/mol. The van der Waals surface area contributed by atoms with Gasteiger partial charge in [-0.05, 0) is 30.2 Å². The Morgan fingerprint density at radius 2 is 1.89 bits per heavy atom. The lowest BCUT2D eigenvalue weighted by Crippen LogP contribution is -2.31. The number of nitrogens with one attached hydrogen (secondary N) is 1. The zero-order valence-electron chi connectivity index (χ0n) is 10.5. The Labute approximate surface area is 107 Å². The molecule has 4 nitrogen and oxygen atoms in total. The standard InChI is InChI=1S/C12H18FNO3S/c1-10(2)9-14-18(15,16)8-7-17-12-5-3-11(13)4-6-12/h3-6,10,14H,7-9H2,1-2H3. The molecule has 0 atom stereocenters. The number of sulfonamides is 1. The quantitative estimate of drug-likeness (QED) is 0.825. The van der Waals surface area contributed by atoms with Crippen LogP contribution in [-0.4, -0.2) is 27.3 Å². The minimum Gasteiger partial charge on any atom is -0.492 e. The fourth-order valence-corrected chi connectivity index (χ4v) is 2.20. The average Bonchev–Trinajstić information content (AvgIpc) is 2.29. The molecule has 0 unspecified atom stereocenters. The molecule has 6 heteroatoms. The van der Waals surface area contributed by atoms with Gasteiger partial charge in [-0.2, -0.15) is 0 Å². The van der Waals surface area contributed by atoms with E-state index >= 15 is 0 Å². The molecule has 0 radical (unpaired) electrons. The predicted octanol–water partition coefficient (Wildman–Crippen LogP) is 1.78. The molecule has 0 fully saturated rings. The molecule has 0 amide bonds. The molecule has 0 aliphatic heterocycles. The second-order valence-corrected chi connectivity index (χ2v) is 6.29. The van der Waals surface area contributed by atoms with Gasteiger partial charge in [-0.15, -0.1) is 0 Å². The van der Waals surface area contributed by atoms with Crippen LogP contribution in [-0.2, 0) is 10.0 Å². The minimum atomic E-state index is -3.30. The van der Waals surface area contributed by atoms with Crippen LogP contribution in [0, 0.1) is 11.7 Å². The number of halogens is 1. The fourth-order valence-electron chi connectivity index (χ4n) is 1.17. The molecule has 1 aromatic rings. The van der Waals surface area contributed by atoms with E-state index in [1.807, 2.05) is 13.8 Å². The van der Waals surface area contributed by atoms with E-state index in [9.17, 15) is 12.8 Å². The third-order valence-corrected chi connectivity index (χ3v) is 3.46. The summed E-state index contributed by atoms with van der Waals surface area (Å²) in [6.45, 7) is 4.31. The summed E-state index contributed by atoms with van der Waals surface area (Å²) in [5.74, 6) is 0.249. The van der Waals surface area contributed by atoms with E-state index in [4.69, 9.17) is 4.74 Å². The maximum absolute atomic E-state index is 12.6. The van der Waals surface area contributed by atoms with Crippen molar-refractivity contribution in [2.75, 3.05) is 18.9 Å². The first-order valence-corrected chi connectivity index (χ1v) is 7.40. The summed E-state index contributed by atoms with van der Waals surface area (Å²) >= 11 is 0. The molecule has 0 bridgehead atoms. The van der Waals surface area contributed by atoms with Crippen molar-refractivity contribution in [1.29, 1.82) is 0 Å². The van der Waals surface area contributed by atoms with Crippen LogP contribution in [0.3, 0.4) is 0 Å². The third kappa shape index (κ3) is 5.97. The molecule has 0 saturated carbocycles. The van der Waals surface area contributed by atoms with Gasteiger partial charge in [0, 0.05) is 6.54 Å². The highest BCUT2D eigenvalue weighted by atomic mass is 32.2. The molecule has 0 saturated heterocycles. The second-order valence-electron chi connectivity index (χ2n) is 4.36. The molecule has 0 aliphatic carbocycles. The van der Waals surface area contributed by atoms with Gasteiger partial charge < -0.3 is 4.74 Å². The fraction of sp³-hybridized carbons (Fsp3) is 0.500. The van der Waals surface area contributed by atoms with Gasteiger partial charge in [0.2, 0.25) is 10.0 Å². The van der Waals surface area contributed by atoms with E-state index < -0.39 is 10.0 Å². The first-order chi connectivity index (χ1) is 8.39. The van der Waals surface area contributed by atoms with Crippen molar-refractivity contribution in [2.24, 2.45) is 5.92 Å². The maximum Gasteiger partial charge on any atom is 0.214 e. The van der Waals surface area contributed by atoms with Crippen LogP contribution in [0.1, 0.15) is 13.8 Å². The lowest BCUT2D eigenvalue weighted by Gasteiger charge is -2.09. The second kappa shape index (κ2) is 6.70. The molecule has 102 valence electrons. The Bertz CT molecular complexity index is 457. The SMILES string of the molecule is CC(C)CNS(=O)(=O)CCOc1ccc(F)cc1. The Hall–Kier alpha value is -1.14. The van der Waals surface area contributed by atoms with E-state index in [0.717, 1.165) is 0 Å². The summed E-state index contributed by atoms with van der Waals surface area (Å²) in [5.41, 5.74) is 0. The Balaban J connectivity index is 2.34. The minimum absolute atomic E-state index is 0.0407. The molecule has 0 aromatic heterocycles. The van der Waals surface area contributed by atoms with Crippen LogP contribution >= 0.6 is 0 Å². The maximum atomic E-state index is 12.6. The lowest BCUT2D eigenvalue weighted by atomic mass is 10.2. The van der Waals surface area contributed by atoms with Gasteiger partial charge in [0.1, 0.15) is 18.2 Å². The van der Waals surface area contributed by atoms with Crippen LogP contribution in [0.5, 0.6) is 5.75 Å². The summed E-state index contributed by atoms with van der Waals surface area (Å²) in [6.07, 6.45) is 0. The van der Waals surface area contributed by atoms with Crippen molar-refractivity contribution in [3.8, 4) is 5.75 Å². The van der Waals surface area contributed by atoms with Crippen LogP contribution in [0.4, 0.5) is 4.39 Å². The van der Waals surface area contributed by atoms with Gasteiger partial charge in [-0.1, -0.05) is 13.8 Å². The average molecular weight is 275 g/mol. The van der Waals surface area contributed by atoms with Gasteiger partial charge in [-0.25, -0.2) is 17.5 Å². The summed E-state index contributed by atoms with van der Waals surface area (Å²) in [5, 5.41) is 0. The van der Waals surface area contributed by atoms with Gasteiger partial charge >= 0.3 is 0 Å². The molecule has 1 aromatic carbocycles. The topological polar surface area (TPSA) is 55.4 Å². The normalized spacial score (nSPS) is 11.8. The van der Waals surface area contributed by atoms with Crippen LogP contribution < -0.4 is 9.46 Å². The Kier molecular flexibility index (Phi) is 5.55. The molecule has 0 spiro atoms. The highest BCUT2D eigenvalue weighted by Crippen LogP contribution is 2.10. The van der Waals surface area contributed by atoms with E-state index in [2.05, 4.69) is 4.72 Å². The largest absolute Gasteiger partial charge is 0.492 e. The summed E-state index contributed by atoms with van der Waals surface area (Å²) in [6, 6.07) is 5.45. The smallest absolute Gasteiger partial charge is 0.214 e. The first kappa shape index (κ1) is 14.9. The summed E-state index contributed by atoms with van der Waals surface area (Å²) < 4.78 is 43.4. The Morgan fingerprint density at radius 3 is 2.44 bits per heavy atom. The molecule has 0 heterocycles. The molecule has 1 rings (SSSR count). The number of hydrogen-bond acceptors (Lipinski definition) is 3. The highest BCUT2D eigenvalue weighted by molar-refractivity contribution is 7.89. The van der Waals surface area contributed by atoms with Gasteiger partial charge in [0.05, 0.1) is 5.75 Å². The third-order valence-electron chi connectivity index (χ3n) is 2.15. The van der Waals surface area contributed by atoms with E-state index in [1.165, 1.54) is 24.3 Å². The zero-order chi connectivity index (χ0) is 13.6. The van der Waals surface area contributed by atoms with Crippen molar-refractivity contribution in [3.05, 3.63) is 30.1 Å². The van der Waals surface area contributed by atoms with Crippen molar-refractivity contribution >= 4 is 10.0 Å². The van der Waals surface area contributed by atoms with Gasteiger partial charge in [-0.3, -0.25) is 0 Å². The number of ether oxygens (including phenoxy) is 1. The molecular weight excluding hydrogens is 257 g/mol. The van der Waals surface area contributed by atoms with Crippen LogP contribution in [0.15, 0.2) is 24.3 Å². The summed E-state index contributed by atoms with van der Waals surface area (Å²) in [7, 11) is -3.30. The first-order valence-electron chi connectivity index (χ1n) is 5.75. The van der Waals surface area contributed by atoms with Gasteiger partial charge in [0.25, 0.3) is 0 Å². The van der Waals surface area contributed by atoms with Gasteiger partial charge in [0.15, 0.2) is 0 Å². The van der Waals surface area contributed by atoms with Crippen molar-refractivity contribution in [1.82, 2.24) is 4.72 Å². The number of benzene rings is 1. The summed E-state index contributed by atoms with van der Waals surface area (Å²) in [4.78, 5) is 0. The monoisotopic (exact) mass is 275 g/mol. The van der Waals surface area contributed by atoms with Crippen molar-refractivity contribution in [2.45, 2.75) is 13.8 Å². The van der Waals surface area contributed by atoms with Crippen LogP contribution in [0.25, 0.3) is 0 Å². The Morgan fingerprint density at radius 1 is 1.28 bits per heavy atom. The van der Waals surface area contributed by atoms with E-state index in [1.54, 1.807) is 0 Å².